The number of carbonyl (C=O) groups excluding carboxylic acids is 1. The Labute approximate surface area is 76.5 Å². The largest absolute Gasteiger partial charge is 0.376 e. The van der Waals surface area contributed by atoms with E-state index < -0.39 is 0 Å². The van der Waals surface area contributed by atoms with Crippen LogP contribution >= 0.6 is 0 Å². The van der Waals surface area contributed by atoms with Gasteiger partial charge < -0.3 is 9.30 Å². The van der Waals surface area contributed by atoms with Gasteiger partial charge in [-0.1, -0.05) is 0 Å². The normalized spacial score (nSPS) is 22.0. The first-order valence-corrected chi connectivity index (χ1v) is 4.47. The van der Waals surface area contributed by atoms with E-state index in [9.17, 15) is 4.79 Å². The SMILES string of the molecule is O=Cc1cncn1CC1CCCO1. The van der Waals surface area contributed by atoms with E-state index in [-0.39, 0.29) is 6.10 Å². The predicted molar refractivity (Wildman–Crippen MR) is 46.6 cm³/mol. The summed E-state index contributed by atoms with van der Waals surface area (Å²) in [6.45, 7) is 1.59. The van der Waals surface area contributed by atoms with Gasteiger partial charge in [-0.15, -0.1) is 0 Å². The highest BCUT2D eigenvalue weighted by Crippen LogP contribution is 2.14. The van der Waals surface area contributed by atoms with Gasteiger partial charge in [-0.2, -0.15) is 0 Å². The molecule has 0 aliphatic carbocycles. The predicted octanol–water partition coefficient (Wildman–Crippen LogP) is 0.875. The lowest BCUT2D eigenvalue weighted by atomic mass is 10.2. The molecule has 0 saturated carbocycles. The fraction of sp³-hybridized carbons (Fsp3) is 0.556. The molecule has 0 radical (unpaired) electrons. The Morgan fingerprint density at radius 2 is 2.69 bits per heavy atom. The number of hydrogen-bond donors (Lipinski definition) is 0. The second-order valence-electron chi connectivity index (χ2n) is 3.22. The molecule has 1 aromatic rings. The van der Waals surface area contributed by atoms with Crippen molar-refractivity contribution < 1.29 is 9.53 Å². The fourth-order valence-electron chi connectivity index (χ4n) is 1.59. The second kappa shape index (κ2) is 3.70. The molecule has 0 N–H and O–H groups in total. The monoisotopic (exact) mass is 180 g/mol. The van der Waals surface area contributed by atoms with Crippen molar-refractivity contribution in [3.8, 4) is 0 Å². The molecule has 1 atom stereocenters. The molecule has 0 aromatic carbocycles. The van der Waals surface area contributed by atoms with Crippen molar-refractivity contribution in [2.75, 3.05) is 6.61 Å². The van der Waals surface area contributed by atoms with E-state index in [4.69, 9.17) is 4.74 Å². The first-order valence-electron chi connectivity index (χ1n) is 4.47. The maximum Gasteiger partial charge on any atom is 0.168 e. The zero-order valence-corrected chi connectivity index (χ0v) is 7.35. The van der Waals surface area contributed by atoms with Gasteiger partial charge in [-0.05, 0) is 12.8 Å². The smallest absolute Gasteiger partial charge is 0.168 e. The molecule has 2 rings (SSSR count). The topological polar surface area (TPSA) is 44.1 Å². The Hall–Kier alpha value is -1.16. The number of imidazole rings is 1. The molecule has 4 nitrogen and oxygen atoms in total. The number of hydrogen-bond acceptors (Lipinski definition) is 3. The summed E-state index contributed by atoms with van der Waals surface area (Å²) in [5, 5.41) is 0. The van der Waals surface area contributed by atoms with Crippen molar-refractivity contribution in [2.45, 2.75) is 25.5 Å². The summed E-state index contributed by atoms with van der Waals surface area (Å²) >= 11 is 0. The summed E-state index contributed by atoms with van der Waals surface area (Å²) < 4.78 is 7.30. The first-order chi connectivity index (χ1) is 6.40. The molecule has 0 amide bonds. The third kappa shape index (κ3) is 1.78. The van der Waals surface area contributed by atoms with Crippen molar-refractivity contribution in [3.63, 3.8) is 0 Å². The number of carbonyl (C=O) groups is 1. The Bertz CT molecular complexity index is 290. The summed E-state index contributed by atoms with van der Waals surface area (Å²) in [5.74, 6) is 0. The summed E-state index contributed by atoms with van der Waals surface area (Å²) in [6, 6.07) is 0. The molecule has 1 aromatic heterocycles. The van der Waals surface area contributed by atoms with Crippen LogP contribution in [0.5, 0.6) is 0 Å². The molecule has 0 bridgehead atoms. The van der Waals surface area contributed by atoms with E-state index in [1.54, 1.807) is 12.5 Å². The number of rotatable bonds is 3. The van der Waals surface area contributed by atoms with E-state index in [1.165, 1.54) is 0 Å². The van der Waals surface area contributed by atoms with Crippen LogP contribution in [0.15, 0.2) is 12.5 Å². The van der Waals surface area contributed by atoms with Crippen LogP contribution in [0.4, 0.5) is 0 Å². The average Bonchev–Trinajstić information content (AvgIpc) is 2.76. The van der Waals surface area contributed by atoms with E-state index >= 15 is 0 Å². The molecule has 1 fully saturated rings. The third-order valence-electron chi connectivity index (χ3n) is 2.29. The zero-order chi connectivity index (χ0) is 9.10. The summed E-state index contributed by atoms with van der Waals surface area (Å²) in [6.07, 6.45) is 6.52. The Balaban J connectivity index is 2.03. The molecule has 4 heteroatoms. The quantitative estimate of drug-likeness (QED) is 0.648. The molecule has 1 saturated heterocycles. The lowest BCUT2D eigenvalue weighted by Gasteiger charge is -2.10. The van der Waals surface area contributed by atoms with E-state index in [0.717, 1.165) is 32.3 Å². The number of nitrogens with zero attached hydrogens (tertiary/aromatic N) is 2. The Kier molecular flexibility index (Phi) is 2.40. The summed E-state index contributed by atoms with van der Waals surface area (Å²) in [7, 11) is 0. The van der Waals surface area contributed by atoms with Gasteiger partial charge in [0.15, 0.2) is 6.29 Å². The molecule has 1 aliphatic heterocycles. The minimum atomic E-state index is 0.257. The summed E-state index contributed by atoms with van der Waals surface area (Å²) in [4.78, 5) is 14.5. The van der Waals surface area contributed by atoms with Gasteiger partial charge in [0, 0.05) is 6.61 Å². The Morgan fingerprint density at radius 3 is 3.38 bits per heavy atom. The van der Waals surface area contributed by atoms with Gasteiger partial charge in [0.05, 0.1) is 25.2 Å². The van der Waals surface area contributed by atoms with E-state index in [2.05, 4.69) is 4.98 Å². The van der Waals surface area contributed by atoms with Gasteiger partial charge in [0.2, 0.25) is 0 Å². The van der Waals surface area contributed by atoms with E-state index in [1.807, 2.05) is 4.57 Å². The van der Waals surface area contributed by atoms with Crippen LogP contribution in [0.3, 0.4) is 0 Å². The molecular weight excluding hydrogens is 168 g/mol. The second-order valence-corrected chi connectivity index (χ2v) is 3.22. The molecule has 1 aliphatic rings. The van der Waals surface area contributed by atoms with Crippen molar-refractivity contribution in [1.82, 2.24) is 9.55 Å². The first kappa shape index (κ1) is 8.44. The number of aldehydes is 1. The van der Waals surface area contributed by atoms with Crippen LogP contribution in [0.2, 0.25) is 0 Å². The van der Waals surface area contributed by atoms with Gasteiger partial charge >= 0.3 is 0 Å². The molecule has 2 heterocycles. The maximum absolute atomic E-state index is 10.6. The maximum atomic E-state index is 10.6. The highest BCUT2D eigenvalue weighted by atomic mass is 16.5. The van der Waals surface area contributed by atoms with Crippen molar-refractivity contribution in [2.24, 2.45) is 0 Å². The molecule has 13 heavy (non-hydrogen) atoms. The molecule has 0 spiro atoms. The number of aromatic nitrogens is 2. The molecule has 70 valence electrons. The van der Waals surface area contributed by atoms with Gasteiger partial charge in [-0.3, -0.25) is 4.79 Å². The zero-order valence-electron chi connectivity index (χ0n) is 7.35. The van der Waals surface area contributed by atoms with Crippen molar-refractivity contribution in [1.29, 1.82) is 0 Å². The van der Waals surface area contributed by atoms with Gasteiger partial charge in [0.25, 0.3) is 0 Å². The van der Waals surface area contributed by atoms with Crippen LogP contribution in [-0.2, 0) is 11.3 Å². The highest BCUT2D eigenvalue weighted by molar-refractivity contribution is 5.71. The lowest BCUT2D eigenvalue weighted by Crippen LogP contribution is -2.15. The Morgan fingerprint density at radius 1 is 1.77 bits per heavy atom. The van der Waals surface area contributed by atoms with Gasteiger partial charge in [0.1, 0.15) is 5.69 Å². The van der Waals surface area contributed by atoms with Crippen LogP contribution in [0.1, 0.15) is 23.3 Å². The summed E-state index contributed by atoms with van der Waals surface area (Å²) in [5.41, 5.74) is 0.621. The van der Waals surface area contributed by atoms with Crippen LogP contribution in [0, 0.1) is 0 Å². The number of ether oxygens (including phenoxy) is 1. The minimum absolute atomic E-state index is 0.257. The van der Waals surface area contributed by atoms with Crippen LogP contribution in [0.25, 0.3) is 0 Å². The van der Waals surface area contributed by atoms with Crippen LogP contribution in [-0.4, -0.2) is 28.5 Å². The average molecular weight is 180 g/mol. The molecule has 1 unspecified atom stereocenters. The standard InChI is InChI=1S/C9H12N2O2/c12-6-8-4-10-7-11(8)5-9-2-1-3-13-9/h4,6-7,9H,1-3,5H2. The highest BCUT2D eigenvalue weighted by Gasteiger charge is 2.16. The minimum Gasteiger partial charge on any atom is -0.376 e. The molecular formula is C9H12N2O2. The van der Waals surface area contributed by atoms with Gasteiger partial charge in [-0.25, -0.2) is 4.98 Å². The van der Waals surface area contributed by atoms with Crippen molar-refractivity contribution >= 4 is 6.29 Å². The fourth-order valence-corrected chi connectivity index (χ4v) is 1.59. The van der Waals surface area contributed by atoms with Crippen LogP contribution < -0.4 is 0 Å². The van der Waals surface area contributed by atoms with E-state index in [0.29, 0.717) is 5.69 Å². The lowest BCUT2D eigenvalue weighted by molar-refractivity contribution is 0.0952. The third-order valence-corrected chi connectivity index (χ3v) is 2.29. The van der Waals surface area contributed by atoms with Crippen molar-refractivity contribution in [3.05, 3.63) is 18.2 Å².